The van der Waals surface area contributed by atoms with Gasteiger partial charge in [-0.2, -0.15) is 4.98 Å². The summed E-state index contributed by atoms with van der Waals surface area (Å²) in [5.41, 5.74) is 0.0331. The van der Waals surface area contributed by atoms with Crippen molar-refractivity contribution in [2.75, 3.05) is 17.7 Å². The Balaban J connectivity index is 2.27. The Kier molecular flexibility index (Phi) is 3.13. The van der Waals surface area contributed by atoms with E-state index in [4.69, 9.17) is 0 Å². The van der Waals surface area contributed by atoms with Crippen molar-refractivity contribution in [2.45, 2.75) is 0 Å². The third-order valence-corrected chi connectivity index (χ3v) is 2.07. The maximum Gasteiger partial charge on any atom is 0.224 e. The molecule has 0 saturated carbocycles. The predicted octanol–water partition coefficient (Wildman–Crippen LogP) is 2.54. The van der Waals surface area contributed by atoms with E-state index < -0.39 is 11.6 Å². The van der Waals surface area contributed by atoms with E-state index in [-0.39, 0.29) is 5.69 Å². The molecule has 4 nitrogen and oxygen atoms in total. The fourth-order valence-electron chi connectivity index (χ4n) is 1.28. The predicted molar refractivity (Wildman–Crippen MR) is 61.2 cm³/mol. The summed E-state index contributed by atoms with van der Waals surface area (Å²) >= 11 is 0. The van der Waals surface area contributed by atoms with Gasteiger partial charge >= 0.3 is 0 Å². The minimum absolute atomic E-state index is 0.0331. The largest absolute Gasteiger partial charge is 0.357 e. The average molecular weight is 236 g/mol. The monoisotopic (exact) mass is 236 g/mol. The SMILES string of the molecule is CNc1nccc(Nc2cc(F)ccc2F)n1. The second kappa shape index (κ2) is 4.73. The Labute approximate surface area is 96.7 Å². The molecule has 1 aromatic carbocycles. The fraction of sp³-hybridized carbons (Fsp3) is 0.0909. The molecule has 0 fully saturated rings. The van der Waals surface area contributed by atoms with Gasteiger partial charge in [0.05, 0.1) is 5.69 Å². The molecular weight excluding hydrogens is 226 g/mol. The third-order valence-electron chi connectivity index (χ3n) is 2.07. The quantitative estimate of drug-likeness (QED) is 0.859. The van der Waals surface area contributed by atoms with E-state index >= 15 is 0 Å². The van der Waals surface area contributed by atoms with Crippen molar-refractivity contribution in [1.82, 2.24) is 9.97 Å². The number of rotatable bonds is 3. The van der Waals surface area contributed by atoms with Crippen LogP contribution in [-0.4, -0.2) is 17.0 Å². The number of aromatic nitrogens is 2. The number of benzene rings is 1. The van der Waals surface area contributed by atoms with Crippen LogP contribution < -0.4 is 10.6 Å². The van der Waals surface area contributed by atoms with Gasteiger partial charge in [0, 0.05) is 19.3 Å². The molecule has 1 aromatic heterocycles. The Hall–Kier alpha value is -2.24. The van der Waals surface area contributed by atoms with Crippen molar-refractivity contribution in [1.29, 1.82) is 0 Å². The summed E-state index contributed by atoms with van der Waals surface area (Å²) in [6.07, 6.45) is 1.51. The molecule has 0 amide bonds. The summed E-state index contributed by atoms with van der Waals surface area (Å²) in [5.74, 6) is -0.284. The number of anilines is 3. The second-order valence-corrected chi connectivity index (χ2v) is 3.26. The summed E-state index contributed by atoms with van der Waals surface area (Å²) in [5, 5.41) is 5.43. The molecule has 6 heteroatoms. The lowest BCUT2D eigenvalue weighted by atomic mass is 10.3. The molecular formula is C11H10F2N4. The molecule has 17 heavy (non-hydrogen) atoms. The lowest BCUT2D eigenvalue weighted by Gasteiger charge is -2.07. The highest BCUT2D eigenvalue weighted by Gasteiger charge is 2.05. The van der Waals surface area contributed by atoms with Gasteiger partial charge in [-0.3, -0.25) is 0 Å². The van der Waals surface area contributed by atoms with Crippen LogP contribution in [0.25, 0.3) is 0 Å². The van der Waals surface area contributed by atoms with E-state index in [1.54, 1.807) is 13.1 Å². The van der Waals surface area contributed by atoms with Crippen LogP contribution in [0.3, 0.4) is 0 Å². The molecule has 0 spiro atoms. The molecule has 88 valence electrons. The minimum Gasteiger partial charge on any atom is -0.357 e. The molecule has 0 unspecified atom stereocenters. The van der Waals surface area contributed by atoms with Gasteiger partial charge in [0.25, 0.3) is 0 Å². The van der Waals surface area contributed by atoms with Crippen molar-refractivity contribution < 1.29 is 8.78 Å². The van der Waals surface area contributed by atoms with Gasteiger partial charge in [0.1, 0.15) is 17.5 Å². The number of nitrogens with one attached hydrogen (secondary N) is 2. The van der Waals surface area contributed by atoms with Gasteiger partial charge in [0.15, 0.2) is 0 Å². The van der Waals surface area contributed by atoms with Crippen LogP contribution in [0.1, 0.15) is 0 Å². The van der Waals surface area contributed by atoms with Crippen LogP contribution in [0.5, 0.6) is 0 Å². The molecule has 0 aliphatic carbocycles. The van der Waals surface area contributed by atoms with Crippen molar-refractivity contribution in [3.63, 3.8) is 0 Å². The van der Waals surface area contributed by atoms with Gasteiger partial charge in [0.2, 0.25) is 5.95 Å². The summed E-state index contributed by atoms with van der Waals surface area (Å²) in [7, 11) is 1.67. The number of nitrogens with zero attached hydrogens (tertiary/aromatic N) is 2. The van der Waals surface area contributed by atoms with Crippen LogP contribution in [0.4, 0.5) is 26.2 Å². The first-order valence-electron chi connectivity index (χ1n) is 4.92. The molecule has 0 bridgehead atoms. The molecule has 0 atom stereocenters. The first-order valence-corrected chi connectivity index (χ1v) is 4.92. The van der Waals surface area contributed by atoms with Crippen molar-refractivity contribution in [3.8, 4) is 0 Å². The Morgan fingerprint density at radius 2 is 2.00 bits per heavy atom. The highest BCUT2D eigenvalue weighted by Crippen LogP contribution is 2.19. The van der Waals surface area contributed by atoms with Crippen molar-refractivity contribution in [3.05, 3.63) is 42.1 Å². The van der Waals surface area contributed by atoms with Crippen molar-refractivity contribution in [2.24, 2.45) is 0 Å². The van der Waals surface area contributed by atoms with Gasteiger partial charge in [-0.1, -0.05) is 0 Å². The Morgan fingerprint density at radius 3 is 2.76 bits per heavy atom. The molecule has 0 aliphatic heterocycles. The first-order chi connectivity index (χ1) is 8.19. The summed E-state index contributed by atoms with van der Waals surface area (Å²) < 4.78 is 26.3. The number of hydrogen-bond donors (Lipinski definition) is 2. The summed E-state index contributed by atoms with van der Waals surface area (Å²) in [4.78, 5) is 7.94. The average Bonchev–Trinajstić information content (AvgIpc) is 2.34. The lowest BCUT2D eigenvalue weighted by Crippen LogP contribution is -2.01. The zero-order valence-electron chi connectivity index (χ0n) is 9.04. The second-order valence-electron chi connectivity index (χ2n) is 3.26. The zero-order chi connectivity index (χ0) is 12.3. The summed E-state index contributed by atoms with van der Waals surface area (Å²) in [6.45, 7) is 0. The van der Waals surface area contributed by atoms with Gasteiger partial charge in [-0.25, -0.2) is 13.8 Å². The molecule has 2 rings (SSSR count). The number of hydrogen-bond acceptors (Lipinski definition) is 4. The van der Waals surface area contributed by atoms with Crippen LogP contribution in [0.2, 0.25) is 0 Å². The van der Waals surface area contributed by atoms with E-state index in [1.165, 1.54) is 6.20 Å². The fourth-order valence-corrected chi connectivity index (χ4v) is 1.28. The molecule has 2 N–H and O–H groups in total. The smallest absolute Gasteiger partial charge is 0.224 e. The van der Waals surface area contributed by atoms with Gasteiger partial charge in [-0.15, -0.1) is 0 Å². The molecule has 0 saturated heterocycles. The Bertz CT molecular complexity index is 531. The lowest BCUT2D eigenvalue weighted by molar-refractivity contribution is 0.603. The normalized spacial score (nSPS) is 10.1. The molecule has 1 heterocycles. The summed E-state index contributed by atoms with van der Waals surface area (Å²) in [6, 6.07) is 4.74. The molecule has 2 aromatic rings. The van der Waals surface area contributed by atoms with Gasteiger partial charge in [-0.05, 0) is 18.2 Å². The maximum absolute atomic E-state index is 13.3. The molecule has 0 radical (unpaired) electrons. The van der Waals surface area contributed by atoms with Crippen LogP contribution >= 0.6 is 0 Å². The van der Waals surface area contributed by atoms with Crippen LogP contribution in [-0.2, 0) is 0 Å². The first kappa shape index (κ1) is 11.3. The number of halogens is 2. The van der Waals surface area contributed by atoms with Crippen molar-refractivity contribution >= 4 is 17.5 Å². The third kappa shape index (κ3) is 2.66. The van der Waals surface area contributed by atoms with E-state index in [0.717, 1.165) is 18.2 Å². The highest BCUT2D eigenvalue weighted by atomic mass is 19.1. The standard InChI is InChI=1S/C11H10F2N4/c1-14-11-15-5-4-10(17-11)16-9-6-7(12)2-3-8(9)13/h2-6H,1H3,(H2,14,15,16,17). The topological polar surface area (TPSA) is 49.8 Å². The van der Waals surface area contributed by atoms with Crippen LogP contribution in [0.15, 0.2) is 30.5 Å². The van der Waals surface area contributed by atoms with E-state index in [9.17, 15) is 8.78 Å². The minimum atomic E-state index is -0.545. The van der Waals surface area contributed by atoms with Crippen LogP contribution in [0, 0.1) is 11.6 Å². The zero-order valence-corrected chi connectivity index (χ0v) is 9.04. The van der Waals surface area contributed by atoms with E-state index in [1.807, 2.05) is 0 Å². The Morgan fingerprint density at radius 1 is 1.18 bits per heavy atom. The highest BCUT2D eigenvalue weighted by molar-refractivity contribution is 5.57. The maximum atomic E-state index is 13.3. The molecule has 0 aliphatic rings. The van der Waals surface area contributed by atoms with E-state index in [2.05, 4.69) is 20.6 Å². The van der Waals surface area contributed by atoms with Gasteiger partial charge < -0.3 is 10.6 Å². The van der Waals surface area contributed by atoms with E-state index in [0.29, 0.717) is 11.8 Å².